The van der Waals surface area contributed by atoms with Gasteiger partial charge in [0.1, 0.15) is 0 Å². The minimum atomic E-state index is -3.49. The van der Waals surface area contributed by atoms with Gasteiger partial charge in [-0.15, -0.1) is 0 Å². The maximum atomic E-state index is 11.9. The second kappa shape index (κ2) is 4.70. The number of sulfonamides is 1. The molecule has 0 unspecified atom stereocenters. The van der Waals surface area contributed by atoms with E-state index in [2.05, 4.69) is 5.32 Å². The first-order chi connectivity index (χ1) is 8.41. The predicted octanol–water partition coefficient (Wildman–Crippen LogP) is 0.829. The molecule has 0 aliphatic heterocycles. The van der Waals surface area contributed by atoms with E-state index in [-0.39, 0.29) is 16.8 Å². The largest absolute Gasteiger partial charge is 0.349 e. The summed E-state index contributed by atoms with van der Waals surface area (Å²) in [6.45, 7) is 0. The van der Waals surface area contributed by atoms with Crippen LogP contribution in [-0.4, -0.2) is 38.8 Å². The molecule has 0 atom stereocenters. The monoisotopic (exact) mass is 268 g/mol. The lowest BCUT2D eigenvalue weighted by Gasteiger charge is -2.12. The third kappa shape index (κ3) is 2.70. The van der Waals surface area contributed by atoms with Gasteiger partial charge in [0.2, 0.25) is 10.0 Å². The van der Waals surface area contributed by atoms with Crippen molar-refractivity contribution in [3.8, 4) is 0 Å². The van der Waals surface area contributed by atoms with E-state index in [4.69, 9.17) is 0 Å². The Balaban J connectivity index is 2.27. The minimum absolute atomic E-state index is 0.135. The standard InChI is InChI=1S/C12H16N2O3S/c1-14(2)18(16,17)11-5-3-4-9(8-11)12(15)13-10-6-7-10/h3-5,8,10H,6-7H2,1-2H3,(H,13,15). The van der Waals surface area contributed by atoms with Gasteiger partial charge in [0.05, 0.1) is 4.90 Å². The number of carbonyl (C=O) groups excluding carboxylic acids is 1. The van der Waals surface area contributed by atoms with Crippen molar-refractivity contribution >= 4 is 15.9 Å². The Labute approximate surface area is 107 Å². The van der Waals surface area contributed by atoms with Crippen molar-refractivity contribution in [3.05, 3.63) is 29.8 Å². The molecule has 1 saturated carbocycles. The van der Waals surface area contributed by atoms with Crippen LogP contribution in [0, 0.1) is 0 Å². The normalized spacial score (nSPS) is 15.7. The Morgan fingerprint density at radius 1 is 1.33 bits per heavy atom. The summed E-state index contributed by atoms with van der Waals surface area (Å²) in [5.41, 5.74) is 0.379. The zero-order valence-electron chi connectivity index (χ0n) is 10.4. The van der Waals surface area contributed by atoms with Gasteiger partial charge in [-0.05, 0) is 31.0 Å². The highest BCUT2D eigenvalue weighted by molar-refractivity contribution is 7.89. The van der Waals surface area contributed by atoms with E-state index in [0.29, 0.717) is 5.56 Å². The smallest absolute Gasteiger partial charge is 0.251 e. The number of nitrogens with zero attached hydrogens (tertiary/aromatic N) is 1. The number of nitrogens with one attached hydrogen (secondary N) is 1. The van der Waals surface area contributed by atoms with Gasteiger partial charge in [-0.3, -0.25) is 4.79 Å². The molecule has 1 amide bonds. The Kier molecular flexibility index (Phi) is 3.41. The summed E-state index contributed by atoms with van der Waals surface area (Å²) in [7, 11) is -0.563. The van der Waals surface area contributed by atoms with Gasteiger partial charge in [-0.25, -0.2) is 12.7 Å². The minimum Gasteiger partial charge on any atom is -0.349 e. The maximum Gasteiger partial charge on any atom is 0.251 e. The highest BCUT2D eigenvalue weighted by Crippen LogP contribution is 2.20. The van der Waals surface area contributed by atoms with E-state index in [1.54, 1.807) is 12.1 Å². The summed E-state index contributed by atoms with van der Waals surface area (Å²) in [4.78, 5) is 12.0. The molecule has 1 fully saturated rings. The molecular formula is C12H16N2O3S. The quantitative estimate of drug-likeness (QED) is 0.879. The van der Waals surface area contributed by atoms with Crippen LogP contribution >= 0.6 is 0 Å². The summed E-state index contributed by atoms with van der Waals surface area (Å²) in [5, 5.41) is 2.83. The van der Waals surface area contributed by atoms with Crippen molar-refractivity contribution in [2.45, 2.75) is 23.8 Å². The Morgan fingerprint density at radius 3 is 2.56 bits per heavy atom. The molecule has 0 aromatic heterocycles. The first kappa shape index (κ1) is 13.0. The van der Waals surface area contributed by atoms with Crippen molar-refractivity contribution in [1.29, 1.82) is 0 Å². The SMILES string of the molecule is CN(C)S(=O)(=O)c1cccc(C(=O)NC2CC2)c1. The second-order valence-corrected chi connectivity index (χ2v) is 6.71. The summed E-state index contributed by atoms with van der Waals surface area (Å²) in [6, 6.07) is 6.35. The molecule has 0 saturated heterocycles. The molecule has 2 rings (SSSR count). The molecule has 1 aliphatic carbocycles. The lowest BCUT2D eigenvalue weighted by atomic mass is 10.2. The fraction of sp³-hybridized carbons (Fsp3) is 0.417. The third-order valence-electron chi connectivity index (χ3n) is 2.79. The van der Waals surface area contributed by atoms with Crippen molar-refractivity contribution in [2.75, 3.05) is 14.1 Å². The molecule has 5 nitrogen and oxygen atoms in total. The first-order valence-electron chi connectivity index (χ1n) is 5.75. The molecule has 1 aromatic carbocycles. The molecule has 0 bridgehead atoms. The van der Waals surface area contributed by atoms with Crippen LogP contribution < -0.4 is 5.32 Å². The molecule has 0 radical (unpaired) electrons. The van der Waals surface area contributed by atoms with E-state index >= 15 is 0 Å². The van der Waals surface area contributed by atoms with Crippen LogP contribution in [0.2, 0.25) is 0 Å². The van der Waals surface area contributed by atoms with E-state index in [1.165, 1.54) is 26.2 Å². The number of hydrogen-bond donors (Lipinski definition) is 1. The number of rotatable bonds is 4. The van der Waals surface area contributed by atoms with Crippen molar-refractivity contribution in [3.63, 3.8) is 0 Å². The third-order valence-corrected chi connectivity index (χ3v) is 4.60. The van der Waals surface area contributed by atoms with Gasteiger partial charge >= 0.3 is 0 Å². The zero-order chi connectivity index (χ0) is 13.3. The van der Waals surface area contributed by atoms with Crippen LogP contribution in [0.25, 0.3) is 0 Å². The molecular weight excluding hydrogens is 252 g/mol. The van der Waals surface area contributed by atoms with E-state index in [1.807, 2.05) is 0 Å². The second-order valence-electron chi connectivity index (χ2n) is 4.56. The average Bonchev–Trinajstić information content (AvgIpc) is 3.13. The fourth-order valence-electron chi connectivity index (χ4n) is 1.51. The first-order valence-corrected chi connectivity index (χ1v) is 7.19. The van der Waals surface area contributed by atoms with E-state index in [0.717, 1.165) is 17.1 Å². The van der Waals surface area contributed by atoms with Crippen molar-refractivity contribution < 1.29 is 13.2 Å². The van der Waals surface area contributed by atoms with Gasteiger partial charge in [-0.1, -0.05) is 6.07 Å². The molecule has 18 heavy (non-hydrogen) atoms. The molecule has 1 N–H and O–H groups in total. The topological polar surface area (TPSA) is 66.5 Å². The van der Waals surface area contributed by atoms with Gasteiger partial charge in [0, 0.05) is 25.7 Å². The van der Waals surface area contributed by atoms with Crippen LogP contribution in [-0.2, 0) is 10.0 Å². The maximum absolute atomic E-state index is 11.9. The highest BCUT2D eigenvalue weighted by atomic mass is 32.2. The number of carbonyl (C=O) groups is 1. The van der Waals surface area contributed by atoms with E-state index in [9.17, 15) is 13.2 Å². The Hall–Kier alpha value is -1.40. The molecule has 0 heterocycles. The lowest BCUT2D eigenvalue weighted by Crippen LogP contribution is -2.26. The molecule has 6 heteroatoms. The lowest BCUT2D eigenvalue weighted by molar-refractivity contribution is 0.0951. The number of hydrogen-bond acceptors (Lipinski definition) is 3. The highest BCUT2D eigenvalue weighted by Gasteiger charge is 2.24. The van der Waals surface area contributed by atoms with Crippen LogP contribution in [0.15, 0.2) is 29.2 Å². The van der Waals surface area contributed by atoms with Gasteiger partial charge in [0.15, 0.2) is 0 Å². The Bertz CT molecular complexity index is 562. The zero-order valence-corrected chi connectivity index (χ0v) is 11.2. The van der Waals surface area contributed by atoms with Crippen LogP contribution in [0.5, 0.6) is 0 Å². The van der Waals surface area contributed by atoms with Crippen LogP contribution in [0.1, 0.15) is 23.2 Å². The molecule has 1 aromatic rings. The van der Waals surface area contributed by atoms with Gasteiger partial charge < -0.3 is 5.32 Å². The van der Waals surface area contributed by atoms with Crippen LogP contribution in [0.3, 0.4) is 0 Å². The average molecular weight is 268 g/mol. The molecule has 98 valence electrons. The van der Waals surface area contributed by atoms with E-state index < -0.39 is 10.0 Å². The summed E-state index contributed by atoms with van der Waals surface area (Å²) >= 11 is 0. The van der Waals surface area contributed by atoms with Gasteiger partial charge in [-0.2, -0.15) is 0 Å². The van der Waals surface area contributed by atoms with Crippen LogP contribution in [0.4, 0.5) is 0 Å². The summed E-state index contributed by atoms with van der Waals surface area (Å²) in [6.07, 6.45) is 2.00. The predicted molar refractivity (Wildman–Crippen MR) is 67.8 cm³/mol. The number of amides is 1. The van der Waals surface area contributed by atoms with Crippen molar-refractivity contribution in [1.82, 2.24) is 9.62 Å². The summed E-state index contributed by atoms with van der Waals surface area (Å²) < 4.78 is 25.0. The fourth-order valence-corrected chi connectivity index (χ4v) is 2.45. The number of benzene rings is 1. The van der Waals surface area contributed by atoms with Crippen molar-refractivity contribution in [2.24, 2.45) is 0 Å². The molecule has 1 aliphatic rings. The van der Waals surface area contributed by atoms with Gasteiger partial charge in [0.25, 0.3) is 5.91 Å². The Morgan fingerprint density at radius 2 is 2.00 bits per heavy atom. The summed E-state index contributed by atoms with van der Waals surface area (Å²) in [5.74, 6) is -0.215. The molecule has 0 spiro atoms.